The molecule has 1 N–H and O–H groups in total. The lowest BCUT2D eigenvalue weighted by atomic mass is 10.1. The second-order valence-electron chi connectivity index (χ2n) is 4.70. The zero-order chi connectivity index (χ0) is 17.0. The van der Waals surface area contributed by atoms with Gasteiger partial charge in [0.05, 0.1) is 18.5 Å². The van der Waals surface area contributed by atoms with Gasteiger partial charge in [0.1, 0.15) is 0 Å². The molecule has 0 radical (unpaired) electrons. The molecule has 0 aliphatic carbocycles. The Kier molecular flexibility index (Phi) is 5.81. The minimum Gasteiger partial charge on any atom is -0.478 e. The second-order valence-corrected chi connectivity index (χ2v) is 4.70. The van der Waals surface area contributed by atoms with Crippen molar-refractivity contribution in [2.24, 2.45) is 0 Å². The number of hydrogen-bond donors (Lipinski definition) is 1. The third kappa shape index (κ3) is 7.30. The number of carbonyl (C=O) groups is 1. The highest BCUT2D eigenvalue weighted by Gasteiger charge is 2.33. The average Bonchev–Trinajstić information content (AvgIpc) is 2.33. The molecular weight excluding hydrogens is 316 g/mol. The molecule has 0 aliphatic rings. The first kappa shape index (κ1) is 18.3. The van der Waals surface area contributed by atoms with Gasteiger partial charge >= 0.3 is 18.3 Å². The number of benzene rings is 1. The van der Waals surface area contributed by atoms with Crippen LogP contribution in [0.1, 0.15) is 22.3 Å². The van der Waals surface area contributed by atoms with Crippen LogP contribution in [-0.2, 0) is 6.54 Å². The Balaban J connectivity index is 2.83. The van der Waals surface area contributed by atoms with Crippen LogP contribution < -0.4 is 0 Å². The van der Waals surface area contributed by atoms with Crippen LogP contribution in [0, 0.1) is 0 Å². The lowest BCUT2D eigenvalue weighted by Crippen LogP contribution is -2.36. The number of alkyl halides is 6. The number of carboxylic acids is 1. The highest BCUT2D eigenvalue weighted by Crippen LogP contribution is 2.23. The van der Waals surface area contributed by atoms with Gasteiger partial charge < -0.3 is 5.11 Å². The molecule has 1 aromatic carbocycles. The van der Waals surface area contributed by atoms with E-state index in [1.54, 1.807) is 0 Å². The largest absolute Gasteiger partial charge is 0.478 e. The van der Waals surface area contributed by atoms with E-state index in [2.05, 4.69) is 0 Å². The Labute approximate surface area is 122 Å². The number of nitrogens with zero attached hydrogens (tertiary/aromatic N) is 1. The molecule has 0 atom stereocenters. The Bertz CT molecular complexity index is 512. The van der Waals surface area contributed by atoms with Gasteiger partial charge in [0.25, 0.3) is 0 Å². The third-order valence-electron chi connectivity index (χ3n) is 2.69. The molecule has 0 saturated heterocycles. The molecule has 0 aromatic heterocycles. The maximum Gasteiger partial charge on any atom is 0.401 e. The van der Waals surface area contributed by atoms with Gasteiger partial charge in [-0.2, -0.15) is 26.3 Å². The van der Waals surface area contributed by atoms with Gasteiger partial charge in [-0.05, 0) is 17.7 Å². The fraction of sp³-hybridized carbons (Fsp3) is 0.462. The normalized spacial score (nSPS) is 12.7. The Morgan fingerprint density at radius 1 is 1.09 bits per heavy atom. The van der Waals surface area contributed by atoms with Crippen LogP contribution in [0.5, 0.6) is 0 Å². The van der Waals surface area contributed by atoms with Crippen LogP contribution >= 0.6 is 0 Å². The molecular formula is C13H13F6NO2. The first-order valence-corrected chi connectivity index (χ1v) is 6.14. The maximum absolute atomic E-state index is 12.4. The van der Waals surface area contributed by atoms with Gasteiger partial charge in [0.15, 0.2) is 0 Å². The van der Waals surface area contributed by atoms with Gasteiger partial charge in [-0.1, -0.05) is 12.1 Å². The number of rotatable bonds is 6. The van der Waals surface area contributed by atoms with Crippen molar-refractivity contribution >= 4 is 5.97 Å². The molecule has 9 heteroatoms. The van der Waals surface area contributed by atoms with E-state index in [-0.39, 0.29) is 11.1 Å². The highest BCUT2D eigenvalue weighted by molar-refractivity contribution is 5.87. The van der Waals surface area contributed by atoms with Crippen LogP contribution in [0.4, 0.5) is 26.3 Å². The van der Waals surface area contributed by atoms with Crippen molar-refractivity contribution in [2.45, 2.75) is 25.3 Å². The Morgan fingerprint density at radius 2 is 1.73 bits per heavy atom. The van der Waals surface area contributed by atoms with E-state index < -0.39 is 44.4 Å². The minimum atomic E-state index is -4.64. The smallest absolute Gasteiger partial charge is 0.401 e. The van der Waals surface area contributed by atoms with Crippen molar-refractivity contribution in [3.05, 3.63) is 35.4 Å². The highest BCUT2D eigenvalue weighted by atomic mass is 19.4. The van der Waals surface area contributed by atoms with Crippen molar-refractivity contribution < 1.29 is 36.2 Å². The summed E-state index contributed by atoms with van der Waals surface area (Å²) < 4.78 is 73.8. The van der Waals surface area contributed by atoms with Gasteiger partial charge in [-0.25, -0.2) is 4.79 Å². The molecule has 0 aliphatic heterocycles. The quantitative estimate of drug-likeness (QED) is 0.809. The van der Waals surface area contributed by atoms with E-state index in [1.807, 2.05) is 0 Å². The van der Waals surface area contributed by atoms with Gasteiger partial charge in [0.2, 0.25) is 0 Å². The summed E-state index contributed by atoms with van der Waals surface area (Å²) in [5.74, 6) is -1.26. The van der Waals surface area contributed by atoms with Gasteiger partial charge in [-0.3, -0.25) is 4.90 Å². The average molecular weight is 329 g/mol. The van der Waals surface area contributed by atoms with Crippen LogP contribution in [0.25, 0.3) is 0 Å². The van der Waals surface area contributed by atoms with Crippen molar-refractivity contribution in [1.29, 1.82) is 0 Å². The summed E-state index contributed by atoms with van der Waals surface area (Å²) in [6.45, 7) is -2.74. The maximum atomic E-state index is 12.4. The van der Waals surface area contributed by atoms with E-state index in [0.717, 1.165) is 6.07 Å². The van der Waals surface area contributed by atoms with E-state index in [0.29, 0.717) is 4.90 Å². The molecule has 0 saturated carbocycles. The van der Waals surface area contributed by atoms with Crippen LogP contribution in [0.3, 0.4) is 0 Å². The number of aromatic carboxylic acids is 1. The lowest BCUT2D eigenvalue weighted by Gasteiger charge is -2.24. The Morgan fingerprint density at radius 3 is 2.23 bits per heavy atom. The first-order valence-electron chi connectivity index (χ1n) is 6.14. The zero-order valence-electron chi connectivity index (χ0n) is 11.2. The monoisotopic (exact) mass is 329 g/mol. The van der Waals surface area contributed by atoms with Crippen molar-refractivity contribution in [1.82, 2.24) is 4.90 Å². The molecule has 0 fully saturated rings. The molecule has 0 spiro atoms. The van der Waals surface area contributed by atoms with E-state index in [9.17, 15) is 31.1 Å². The summed E-state index contributed by atoms with van der Waals surface area (Å²) in [4.78, 5) is 11.4. The third-order valence-corrected chi connectivity index (χ3v) is 2.69. The van der Waals surface area contributed by atoms with Crippen molar-refractivity contribution in [3.8, 4) is 0 Å². The molecule has 0 bridgehead atoms. The molecule has 0 unspecified atom stereocenters. The van der Waals surface area contributed by atoms with Crippen molar-refractivity contribution in [3.63, 3.8) is 0 Å². The number of carboxylic acid groups (broad SMARTS) is 1. The topological polar surface area (TPSA) is 40.5 Å². The summed E-state index contributed by atoms with van der Waals surface area (Å²) in [6.07, 6.45) is -10.6. The van der Waals surface area contributed by atoms with Crippen molar-refractivity contribution in [2.75, 3.05) is 13.1 Å². The fourth-order valence-electron chi connectivity index (χ4n) is 1.81. The summed E-state index contributed by atoms with van der Waals surface area (Å²) in [6, 6.07) is 5.08. The molecule has 0 heterocycles. The SMILES string of the molecule is O=C(O)c1cccc(CN(CCC(F)(F)F)CC(F)(F)F)c1. The Hall–Kier alpha value is -1.77. The fourth-order valence-corrected chi connectivity index (χ4v) is 1.81. The molecule has 3 nitrogen and oxygen atoms in total. The summed E-state index contributed by atoms with van der Waals surface area (Å²) >= 11 is 0. The lowest BCUT2D eigenvalue weighted by molar-refractivity contribution is -0.161. The minimum absolute atomic E-state index is 0.139. The molecule has 0 amide bonds. The predicted octanol–water partition coefficient (Wildman–Crippen LogP) is 3.70. The summed E-state index contributed by atoms with van der Waals surface area (Å²) in [7, 11) is 0. The number of hydrogen-bond acceptors (Lipinski definition) is 2. The van der Waals surface area contributed by atoms with Gasteiger partial charge in [-0.15, -0.1) is 0 Å². The van der Waals surface area contributed by atoms with Gasteiger partial charge in [0, 0.05) is 13.1 Å². The van der Waals surface area contributed by atoms with Crippen LogP contribution in [0.2, 0.25) is 0 Å². The number of halogens is 6. The molecule has 1 aromatic rings. The molecule has 1 rings (SSSR count). The second kappa shape index (κ2) is 6.99. The van der Waals surface area contributed by atoms with E-state index in [1.165, 1.54) is 18.2 Å². The predicted molar refractivity (Wildman–Crippen MR) is 65.4 cm³/mol. The standard InChI is InChI=1S/C13H13F6NO2/c14-12(15,16)4-5-20(8-13(17,18)19)7-9-2-1-3-10(6-9)11(21)22/h1-3,6H,4-5,7-8H2,(H,21,22). The molecule has 124 valence electrons. The summed E-state index contributed by atoms with van der Waals surface area (Å²) in [5.41, 5.74) is 0.0617. The summed E-state index contributed by atoms with van der Waals surface area (Å²) in [5, 5.41) is 8.80. The van der Waals surface area contributed by atoms with E-state index in [4.69, 9.17) is 5.11 Å². The first-order chi connectivity index (χ1) is 9.96. The van der Waals surface area contributed by atoms with Crippen LogP contribution in [0.15, 0.2) is 24.3 Å². The van der Waals surface area contributed by atoms with Crippen LogP contribution in [-0.4, -0.2) is 41.4 Å². The van der Waals surface area contributed by atoms with E-state index >= 15 is 0 Å². The zero-order valence-corrected chi connectivity index (χ0v) is 11.2. The molecule has 22 heavy (non-hydrogen) atoms.